The number of nitrogens with zero attached hydrogens (tertiary/aromatic N) is 4. The molecule has 22 heavy (non-hydrogen) atoms. The minimum Gasteiger partial charge on any atom is -0.366 e. The van der Waals surface area contributed by atoms with Crippen molar-refractivity contribution in [3.8, 4) is 0 Å². The van der Waals surface area contributed by atoms with Gasteiger partial charge < -0.3 is 24.4 Å². The van der Waals surface area contributed by atoms with E-state index in [0.717, 1.165) is 0 Å². The van der Waals surface area contributed by atoms with Crippen LogP contribution in [0.1, 0.15) is 20.8 Å². The quantitative estimate of drug-likeness (QED) is 0.647. The Kier molecular flexibility index (Phi) is 5.12. The van der Waals surface area contributed by atoms with Gasteiger partial charge in [0, 0.05) is 6.04 Å². The summed E-state index contributed by atoms with van der Waals surface area (Å²) in [6.45, 7) is 6.12. The van der Waals surface area contributed by atoms with Crippen LogP contribution in [0.3, 0.4) is 0 Å². The maximum absolute atomic E-state index is 10.8. The second-order valence-electron chi connectivity index (χ2n) is 5.36. The molecule has 9 nitrogen and oxygen atoms in total. The summed E-state index contributed by atoms with van der Waals surface area (Å²) < 4.78 is 17.7. The van der Waals surface area contributed by atoms with Crippen LogP contribution in [0.5, 0.6) is 0 Å². The van der Waals surface area contributed by atoms with Crippen molar-refractivity contribution in [2.45, 2.75) is 39.5 Å². The number of imidazole rings is 1. The van der Waals surface area contributed by atoms with E-state index in [0.29, 0.717) is 23.5 Å². The lowest BCUT2D eigenvalue weighted by molar-refractivity contribution is 0.0764. The predicted molar refractivity (Wildman–Crippen MR) is 81.5 cm³/mol. The summed E-state index contributed by atoms with van der Waals surface area (Å²) in [4.78, 5) is 30.3. The molecule has 0 saturated heterocycles. The van der Waals surface area contributed by atoms with Crippen molar-refractivity contribution in [1.82, 2.24) is 19.5 Å². The van der Waals surface area contributed by atoms with Gasteiger partial charge in [-0.1, -0.05) is 0 Å². The molecule has 3 N–H and O–H groups in total. The summed E-state index contributed by atoms with van der Waals surface area (Å²) in [5.74, 6) is 0.655. The number of nitrogens with one attached hydrogen (secondary N) is 1. The summed E-state index contributed by atoms with van der Waals surface area (Å²) in [6.07, 6.45) is 2.08. The van der Waals surface area contributed by atoms with Crippen LogP contribution in [-0.2, 0) is 15.8 Å². The largest absolute Gasteiger partial charge is 0.366 e. The molecule has 0 fully saturated rings. The fourth-order valence-electron chi connectivity index (χ4n) is 1.95. The standard InChI is InChI=1S/C12H20N5O4P/c1-8(2)16-11-10-12(14-5-13-11)17(6-15-10)4-9(3)21-7-22(18,19)20/h5-6,8-9H,4,7H2,1-3H3,(H,13,14,16)(H2,18,19,20)/t9-/m1/s1. The van der Waals surface area contributed by atoms with E-state index in [1.54, 1.807) is 17.8 Å². The third kappa shape index (κ3) is 4.48. The van der Waals surface area contributed by atoms with Crippen LogP contribution < -0.4 is 5.32 Å². The molecule has 2 heterocycles. The Morgan fingerprint density at radius 1 is 1.32 bits per heavy atom. The van der Waals surface area contributed by atoms with Crippen molar-refractivity contribution in [2.75, 3.05) is 11.7 Å². The molecular weight excluding hydrogens is 309 g/mol. The highest BCUT2D eigenvalue weighted by molar-refractivity contribution is 7.51. The van der Waals surface area contributed by atoms with Crippen LogP contribution in [0.25, 0.3) is 11.2 Å². The van der Waals surface area contributed by atoms with Crippen molar-refractivity contribution < 1.29 is 19.1 Å². The molecule has 2 aromatic rings. The summed E-state index contributed by atoms with van der Waals surface area (Å²) in [6, 6.07) is 0.216. The van der Waals surface area contributed by atoms with E-state index in [1.807, 2.05) is 13.8 Å². The van der Waals surface area contributed by atoms with Gasteiger partial charge in [-0.3, -0.25) is 4.57 Å². The molecule has 0 aliphatic heterocycles. The van der Waals surface area contributed by atoms with Gasteiger partial charge in [-0.25, -0.2) is 15.0 Å². The molecule has 0 radical (unpaired) electrons. The Morgan fingerprint density at radius 3 is 2.68 bits per heavy atom. The minimum atomic E-state index is -4.16. The number of fused-ring (bicyclic) bond motifs is 1. The van der Waals surface area contributed by atoms with E-state index in [2.05, 4.69) is 20.3 Å². The number of ether oxygens (including phenoxy) is 1. The zero-order chi connectivity index (χ0) is 16.3. The third-order valence-corrected chi connectivity index (χ3v) is 3.29. The molecule has 122 valence electrons. The van der Waals surface area contributed by atoms with Crippen LogP contribution in [0.2, 0.25) is 0 Å². The number of rotatable bonds is 7. The highest BCUT2D eigenvalue weighted by Crippen LogP contribution is 2.34. The SMILES string of the molecule is CC(C)Nc1ncnc2c1ncn2C[C@@H](C)OCP(=O)(O)O. The molecule has 0 saturated carbocycles. The van der Waals surface area contributed by atoms with Crippen molar-refractivity contribution in [3.63, 3.8) is 0 Å². The average molecular weight is 329 g/mol. The third-order valence-electron chi connectivity index (χ3n) is 2.81. The Balaban J connectivity index is 2.14. The van der Waals surface area contributed by atoms with Gasteiger partial charge >= 0.3 is 7.60 Å². The minimum absolute atomic E-state index is 0.216. The Bertz CT molecular complexity index is 683. The first-order valence-corrected chi connectivity index (χ1v) is 8.64. The highest BCUT2D eigenvalue weighted by atomic mass is 31.2. The van der Waals surface area contributed by atoms with Gasteiger partial charge in [0.15, 0.2) is 11.5 Å². The van der Waals surface area contributed by atoms with E-state index in [9.17, 15) is 4.57 Å². The molecule has 1 atom stereocenters. The molecule has 0 aliphatic rings. The zero-order valence-corrected chi connectivity index (χ0v) is 13.6. The van der Waals surface area contributed by atoms with Gasteiger partial charge in [0.05, 0.1) is 19.0 Å². The maximum Gasteiger partial charge on any atom is 0.350 e. The van der Waals surface area contributed by atoms with Gasteiger partial charge in [-0.05, 0) is 20.8 Å². The first-order chi connectivity index (χ1) is 10.3. The van der Waals surface area contributed by atoms with Crippen molar-refractivity contribution >= 4 is 24.6 Å². The summed E-state index contributed by atoms with van der Waals surface area (Å²) in [5, 5.41) is 3.20. The van der Waals surface area contributed by atoms with Crippen LogP contribution in [-0.4, -0.2) is 47.8 Å². The molecular formula is C12H20N5O4P. The first kappa shape index (κ1) is 16.8. The Hall–Kier alpha value is -1.54. The summed E-state index contributed by atoms with van der Waals surface area (Å²) in [5.41, 5.74) is 1.29. The molecule has 10 heteroatoms. The Morgan fingerprint density at radius 2 is 2.05 bits per heavy atom. The van der Waals surface area contributed by atoms with E-state index >= 15 is 0 Å². The van der Waals surface area contributed by atoms with E-state index in [4.69, 9.17) is 14.5 Å². The van der Waals surface area contributed by atoms with Gasteiger partial charge in [-0.15, -0.1) is 0 Å². The number of hydrogen-bond acceptors (Lipinski definition) is 6. The number of aromatic nitrogens is 4. The normalized spacial score (nSPS) is 13.7. The molecule has 0 aromatic carbocycles. The molecule has 0 spiro atoms. The lowest BCUT2D eigenvalue weighted by Gasteiger charge is -2.14. The zero-order valence-electron chi connectivity index (χ0n) is 12.7. The lowest BCUT2D eigenvalue weighted by atomic mass is 10.3. The van der Waals surface area contributed by atoms with Crippen LogP contribution in [0, 0.1) is 0 Å². The first-order valence-electron chi connectivity index (χ1n) is 6.85. The van der Waals surface area contributed by atoms with Crippen LogP contribution in [0.15, 0.2) is 12.7 Å². The van der Waals surface area contributed by atoms with Gasteiger partial charge in [0.1, 0.15) is 18.2 Å². The monoisotopic (exact) mass is 329 g/mol. The molecule has 2 aromatic heterocycles. The average Bonchev–Trinajstić information content (AvgIpc) is 2.80. The summed E-state index contributed by atoms with van der Waals surface area (Å²) >= 11 is 0. The molecule has 2 rings (SSSR count). The van der Waals surface area contributed by atoms with Crippen LogP contribution in [0.4, 0.5) is 5.82 Å². The summed E-state index contributed by atoms with van der Waals surface area (Å²) in [7, 11) is -4.16. The molecule has 0 amide bonds. The lowest BCUT2D eigenvalue weighted by Crippen LogP contribution is -2.17. The van der Waals surface area contributed by atoms with E-state index < -0.39 is 13.9 Å². The van der Waals surface area contributed by atoms with Crippen molar-refractivity contribution in [2.24, 2.45) is 0 Å². The topological polar surface area (TPSA) is 122 Å². The van der Waals surface area contributed by atoms with Gasteiger partial charge in [0.25, 0.3) is 0 Å². The van der Waals surface area contributed by atoms with Crippen molar-refractivity contribution in [1.29, 1.82) is 0 Å². The number of hydrogen-bond donors (Lipinski definition) is 3. The van der Waals surface area contributed by atoms with Gasteiger partial charge in [0.2, 0.25) is 0 Å². The maximum atomic E-state index is 10.8. The van der Waals surface area contributed by atoms with Crippen molar-refractivity contribution in [3.05, 3.63) is 12.7 Å². The predicted octanol–water partition coefficient (Wildman–Crippen LogP) is 1.19. The van der Waals surface area contributed by atoms with Crippen LogP contribution >= 0.6 is 7.60 Å². The van der Waals surface area contributed by atoms with E-state index in [-0.39, 0.29) is 12.1 Å². The molecule has 0 unspecified atom stereocenters. The smallest absolute Gasteiger partial charge is 0.350 e. The fraction of sp³-hybridized carbons (Fsp3) is 0.583. The Labute approximate surface area is 127 Å². The second kappa shape index (κ2) is 6.70. The fourth-order valence-corrected chi connectivity index (χ4v) is 2.40. The van der Waals surface area contributed by atoms with E-state index in [1.165, 1.54) is 6.33 Å². The number of anilines is 1. The van der Waals surface area contributed by atoms with Gasteiger partial charge in [-0.2, -0.15) is 0 Å². The second-order valence-corrected chi connectivity index (χ2v) is 6.95. The molecule has 0 aliphatic carbocycles. The highest BCUT2D eigenvalue weighted by Gasteiger charge is 2.17. The molecule has 0 bridgehead atoms.